The fraction of sp³-hybridized carbons (Fsp3) is 0.250. The van der Waals surface area contributed by atoms with Gasteiger partial charge in [-0.1, -0.05) is 30.3 Å². The minimum Gasteiger partial charge on any atom is -0.364 e. The Morgan fingerprint density at radius 2 is 1.87 bits per heavy atom. The Balaban J connectivity index is 2.49. The Hall–Kier alpha value is -1.77. The molecule has 3 heteroatoms. The topological polar surface area (TPSA) is 32.3 Å². The lowest BCUT2D eigenvalue weighted by Crippen LogP contribution is -2.22. The maximum absolute atomic E-state index is 11.7. The zero-order valence-corrected chi connectivity index (χ0v) is 8.95. The molecule has 0 radical (unpaired) electrons. The molecule has 2 rings (SSSR count). The number of rotatable bonds is 2. The molecule has 0 fully saturated rings. The summed E-state index contributed by atoms with van der Waals surface area (Å²) in [6.07, 6.45) is 0. The number of benzene rings is 1. The van der Waals surface area contributed by atoms with Crippen molar-refractivity contribution in [1.29, 1.82) is 0 Å². The van der Waals surface area contributed by atoms with E-state index in [1.165, 1.54) is 0 Å². The van der Waals surface area contributed by atoms with Crippen LogP contribution in [0, 0.1) is 0 Å². The number of Topliss-reactive ketones (excluding diaryl/α,β-unsaturated/α-hetero) is 1. The van der Waals surface area contributed by atoms with Gasteiger partial charge in [0.15, 0.2) is 5.78 Å². The number of hydrogen-bond donors (Lipinski definition) is 1. The predicted octanol–water partition coefficient (Wildman–Crippen LogP) is 1.09. The Labute approximate surface area is 89.4 Å². The highest BCUT2D eigenvalue weighted by molar-refractivity contribution is 6.24. The molecular formula is C12H14N2O. The molecule has 0 amide bonds. The average molecular weight is 202 g/mol. The number of carbonyl (C=O) groups is 1. The van der Waals surface area contributed by atoms with Gasteiger partial charge in [0.2, 0.25) is 0 Å². The van der Waals surface area contributed by atoms with Crippen LogP contribution in [0.3, 0.4) is 0 Å². The van der Waals surface area contributed by atoms with Crippen molar-refractivity contribution in [2.24, 2.45) is 0 Å². The number of nitrogens with one attached hydrogen (secondary N) is 1. The molecule has 0 saturated carbocycles. The van der Waals surface area contributed by atoms with E-state index in [1.54, 1.807) is 0 Å². The monoisotopic (exact) mass is 202 g/mol. The molecule has 0 atom stereocenters. The summed E-state index contributed by atoms with van der Waals surface area (Å²) < 4.78 is 0. The fourth-order valence-electron chi connectivity index (χ4n) is 1.76. The van der Waals surface area contributed by atoms with Crippen molar-refractivity contribution in [1.82, 2.24) is 10.2 Å². The van der Waals surface area contributed by atoms with Crippen LogP contribution in [0.2, 0.25) is 0 Å². The summed E-state index contributed by atoms with van der Waals surface area (Å²) in [7, 11) is 3.87. The second-order valence-electron chi connectivity index (χ2n) is 3.76. The van der Waals surface area contributed by atoms with Gasteiger partial charge in [0.25, 0.3) is 0 Å². The minimum absolute atomic E-state index is 0.157. The van der Waals surface area contributed by atoms with Gasteiger partial charge in [-0.3, -0.25) is 4.79 Å². The highest BCUT2D eigenvalue weighted by Crippen LogP contribution is 2.23. The molecule has 0 bridgehead atoms. The summed E-state index contributed by atoms with van der Waals surface area (Å²) in [6.45, 7) is 0.401. The number of nitrogens with zero attached hydrogens (tertiary/aromatic N) is 1. The van der Waals surface area contributed by atoms with E-state index in [0.717, 1.165) is 17.0 Å². The third-order valence-corrected chi connectivity index (χ3v) is 2.44. The SMILES string of the molecule is CN(C)C1=C(c2ccccc2)C(=O)CN1. The molecule has 15 heavy (non-hydrogen) atoms. The number of carbonyl (C=O) groups excluding carboxylic acids is 1. The lowest BCUT2D eigenvalue weighted by atomic mass is 10.0. The molecule has 1 aromatic rings. The molecule has 3 nitrogen and oxygen atoms in total. The predicted molar refractivity (Wildman–Crippen MR) is 60.1 cm³/mol. The highest BCUT2D eigenvalue weighted by atomic mass is 16.1. The zero-order chi connectivity index (χ0) is 10.8. The van der Waals surface area contributed by atoms with Gasteiger partial charge in [0.1, 0.15) is 5.82 Å². The lowest BCUT2D eigenvalue weighted by Gasteiger charge is -2.15. The summed E-state index contributed by atoms with van der Waals surface area (Å²) >= 11 is 0. The molecule has 78 valence electrons. The van der Waals surface area contributed by atoms with E-state index in [9.17, 15) is 4.79 Å². The van der Waals surface area contributed by atoms with Gasteiger partial charge in [-0.25, -0.2) is 0 Å². The van der Waals surface area contributed by atoms with Crippen LogP contribution in [0.4, 0.5) is 0 Å². The standard InChI is InChI=1S/C12H14N2O/c1-14(2)12-11(10(15)8-13-12)9-6-4-3-5-7-9/h3-7,13H,8H2,1-2H3. The summed E-state index contributed by atoms with van der Waals surface area (Å²) in [4.78, 5) is 13.7. The van der Waals surface area contributed by atoms with Crippen LogP contribution >= 0.6 is 0 Å². The van der Waals surface area contributed by atoms with E-state index in [-0.39, 0.29) is 5.78 Å². The second kappa shape index (κ2) is 3.77. The number of hydrogen-bond acceptors (Lipinski definition) is 3. The van der Waals surface area contributed by atoms with Crippen LogP contribution in [0.5, 0.6) is 0 Å². The fourth-order valence-corrected chi connectivity index (χ4v) is 1.76. The van der Waals surface area contributed by atoms with E-state index >= 15 is 0 Å². The van der Waals surface area contributed by atoms with Gasteiger partial charge in [0, 0.05) is 14.1 Å². The van der Waals surface area contributed by atoms with Crippen molar-refractivity contribution in [2.75, 3.05) is 20.6 Å². The van der Waals surface area contributed by atoms with Crippen LogP contribution in [0.25, 0.3) is 5.57 Å². The Morgan fingerprint density at radius 3 is 2.47 bits per heavy atom. The first kappa shape index (κ1) is 9.77. The third-order valence-electron chi connectivity index (χ3n) is 2.44. The quantitative estimate of drug-likeness (QED) is 0.779. The molecule has 1 aliphatic rings. The van der Waals surface area contributed by atoms with Crippen molar-refractivity contribution in [3.8, 4) is 0 Å². The van der Waals surface area contributed by atoms with Crippen LogP contribution in [0.15, 0.2) is 36.2 Å². The van der Waals surface area contributed by atoms with Gasteiger partial charge in [-0.2, -0.15) is 0 Å². The Kier molecular flexibility index (Phi) is 2.46. The van der Waals surface area contributed by atoms with Crippen LogP contribution in [-0.2, 0) is 4.79 Å². The highest BCUT2D eigenvalue weighted by Gasteiger charge is 2.24. The molecular weight excluding hydrogens is 188 g/mol. The first-order chi connectivity index (χ1) is 7.20. The van der Waals surface area contributed by atoms with Crippen molar-refractivity contribution in [3.05, 3.63) is 41.7 Å². The van der Waals surface area contributed by atoms with Crippen LogP contribution < -0.4 is 5.32 Å². The molecule has 1 N–H and O–H groups in total. The van der Waals surface area contributed by atoms with Crippen LogP contribution in [0.1, 0.15) is 5.56 Å². The van der Waals surface area contributed by atoms with Crippen molar-refractivity contribution in [2.45, 2.75) is 0 Å². The first-order valence-corrected chi connectivity index (χ1v) is 4.94. The largest absolute Gasteiger partial charge is 0.364 e. The average Bonchev–Trinajstić information content (AvgIpc) is 2.61. The number of ketones is 1. The molecule has 0 unspecified atom stereocenters. The van der Waals surface area contributed by atoms with Gasteiger partial charge in [-0.15, -0.1) is 0 Å². The van der Waals surface area contributed by atoms with Gasteiger partial charge in [-0.05, 0) is 5.56 Å². The van der Waals surface area contributed by atoms with E-state index < -0.39 is 0 Å². The summed E-state index contributed by atoms with van der Waals surface area (Å²) in [6, 6.07) is 9.77. The van der Waals surface area contributed by atoms with E-state index in [2.05, 4.69) is 5.32 Å². The van der Waals surface area contributed by atoms with Crippen LogP contribution in [-0.4, -0.2) is 31.3 Å². The molecule has 1 aliphatic heterocycles. The van der Waals surface area contributed by atoms with E-state index in [0.29, 0.717) is 6.54 Å². The third kappa shape index (κ3) is 1.73. The van der Waals surface area contributed by atoms with E-state index in [4.69, 9.17) is 0 Å². The molecule has 0 aromatic heterocycles. The molecule has 1 aromatic carbocycles. The van der Waals surface area contributed by atoms with Gasteiger partial charge >= 0.3 is 0 Å². The molecule has 1 heterocycles. The zero-order valence-electron chi connectivity index (χ0n) is 8.95. The van der Waals surface area contributed by atoms with Crippen molar-refractivity contribution in [3.63, 3.8) is 0 Å². The van der Waals surface area contributed by atoms with Gasteiger partial charge < -0.3 is 10.2 Å². The summed E-state index contributed by atoms with van der Waals surface area (Å²) in [5, 5.41) is 3.11. The Morgan fingerprint density at radius 1 is 1.20 bits per heavy atom. The van der Waals surface area contributed by atoms with Gasteiger partial charge in [0.05, 0.1) is 12.1 Å². The first-order valence-electron chi connectivity index (χ1n) is 4.94. The lowest BCUT2D eigenvalue weighted by molar-refractivity contribution is -0.112. The minimum atomic E-state index is 0.157. The second-order valence-corrected chi connectivity index (χ2v) is 3.76. The Bertz CT molecular complexity index is 407. The molecule has 0 saturated heterocycles. The van der Waals surface area contributed by atoms with Crippen molar-refractivity contribution >= 4 is 11.4 Å². The maximum atomic E-state index is 11.7. The summed E-state index contributed by atoms with van der Waals surface area (Å²) in [5.74, 6) is 1.07. The smallest absolute Gasteiger partial charge is 0.186 e. The maximum Gasteiger partial charge on any atom is 0.186 e. The summed E-state index contributed by atoms with van der Waals surface area (Å²) in [5.41, 5.74) is 1.77. The molecule has 0 spiro atoms. The normalized spacial score (nSPS) is 15.5. The molecule has 0 aliphatic carbocycles. The van der Waals surface area contributed by atoms with E-state index in [1.807, 2.05) is 49.3 Å². The van der Waals surface area contributed by atoms with Crippen molar-refractivity contribution < 1.29 is 4.79 Å².